The summed E-state index contributed by atoms with van der Waals surface area (Å²) >= 11 is 5.37. The first-order chi connectivity index (χ1) is 7.51. The molecule has 0 aliphatic carbocycles. The van der Waals surface area contributed by atoms with Crippen molar-refractivity contribution in [2.75, 3.05) is 18.3 Å². The van der Waals surface area contributed by atoms with Crippen LogP contribution in [0.15, 0.2) is 0 Å². The molecular formula is C9H12ClN3O3. The van der Waals surface area contributed by atoms with E-state index < -0.39 is 11.9 Å². The summed E-state index contributed by atoms with van der Waals surface area (Å²) in [7, 11) is 2.85. The second kappa shape index (κ2) is 4.98. The van der Waals surface area contributed by atoms with E-state index in [1.807, 2.05) is 0 Å². The van der Waals surface area contributed by atoms with Crippen LogP contribution in [-0.2, 0) is 16.6 Å². The van der Waals surface area contributed by atoms with E-state index in [1.165, 1.54) is 11.8 Å². The highest BCUT2D eigenvalue weighted by atomic mass is 35.5. The van der Waals surface area contributed by atoms with Gasteiger partial charge in [-0.3, -0.25) is 9.48 Å². The van der Waals surface area contributed by atoms with Gasteiger partial charge in [-0.2, -0.15) is 5.10 Å². The highest BCUT2D eigenvalue weighted by molar-refractivity contribution is 6.29. The summed E-state index contributed by atoms with van der Waals surface area (Å²) in [6.07, 6.45) is 0. The predicted molar refractivity (Wildman–Crippen MR) is 58.6 cm³/mol. The van der Waals surface area contributed by atoms with Crippen LogP contribution in [-0.4, -0.2) is 34.6 Å². The lowest BCUT2D eigenvalue weighted by molar-refractivity contribution is -0.113. The van der Waals surface area contributed by atoms with E-state index in [0.717, 1.165) is 0 Å². The second-order valence-corrected chi connectivity index (χ2v) is 3.37. The Labute approximate surface area is 97.5 Å². The van der Waals surface area contributed by atoms with Crippen molar-refractivity contribution in [3.63, 3.8) is 0 Å². The maximum absolute atomic E-state index is 11.5. The van der Waals surface area contributed by atoms with Crippen LogP contribution in [0.4, 0.5) is 5.69 Å². The van der Waals surface area contributed by atoms with E-state index in [4.69, 9.17) is 11.6 Å². The van der Waals surface area contributed by atoms with Gasteiger partial charge in [0, 0.05) is 7.05 Å². The Kier molecular flexibility index (Phi) is 3.89. The highest BCUT2D eigenvalue weighted by Crippen LogP contribution is 2.20. The Balaban J connectivity index is 3.15. The Morgan fingerprint density at radius 1 is 1.56 bits per heavy atom. The third-order valence-electron chi connectivity index (χ3n) is 1.99. The van der Waals surface area contributed by atoms with Gasteiger partial charge in [0.2, 0.25) is 5.91 Å². The average molecular weight is 246 g/mol. The zero-order valence-electron chi connectivity index (χ0n) is 9.20. The minimum atomic E-state index is -0.562. The van der Waals surface area contributed by atoms with Crippen molar-refractivity contribution in [2.45, 2.75) is 6.92 Å². The fourth-order valence-electron chi connectivity index (χ4n) is 1.31. The molecule has 0 unspecified atom stereocenters. The van der Waals surface area contributed by atoms with Gasteiger partial charge in [-0.15, -0.1) is 11.6 Å². The summed E-state index contributed by atoms with van der Waals surface area (Å²) in [5.41, 5.74) is 1.06. The lowest BCUT2D eigenvalue weighted by atomic mass is 10.3. The number of anilines is 1. The molecule has 1 heterocycles. The van der Waals surface area contributed by atoms with E-state index >= 15 is 0 Å². The topological polar surface area (TPSA) is 73.2 Å². The van der Waals surface area contributed by atoms with E-state index in [1.54, 1.807) is 14.0 Å². The Morgan fingerprint density at radius 2 is 2.19 bits per heavy atom. The molecule has 1 amide bonds. The summed E-state index contributed by atoms with van der Waals surface area (Å²) in [5, 5.41) is 6.53. The minimum Gasteiger partial charge on any atom is -0.464 e. The first-order valence-electron chi connectivity index (χ1n) is 4.49. The highest BCUT2D eigenvalue weighted by Gasteiger charge is 2.21. The molecule has 0 radical (unpaired) electrons. The number of hydrogen-bond acceptors (Lipinski definition) is 4. The molecule has 16 heavy (non-hydrogen) atoms. The SMILES string of the molecule is COC(=O)c1c(NC(=O)CCl)c(C)nn1C. The number of rotatable bonds is 3. The van der Waals surface area contributed by atoms with Gasteiger partial charge in [0.25, 0.3) is 0 Å². The largest absolute Gasteiger partial charge is 0.464 e. The van der Waals surface area contributed by atoms with Crippen LogP contribution >= 0.6 is 11.6 Å². The van der Waals surface area contributed by atoms with Crippen LogP contribution in [0, 0.1) is 6.92 Å². The van der Waals surface area contributed by atoms with Crippen molar-refractivity contribution < 1.29 is 14.3 Å². The molecule has 0 atom stereocenters. The van der Waals surface area contributed by atoms with Crippen molar-refractivity contribution in [1.29, 1.82) is 0 Å². The summed E-state index contributed by atoms with van der Waals surface area (Å²) in [6.45, 7) is 1.68. The molecule has 6 nitrogen and oxygen atoms in total. The van der Waals surface area contributed by atoms with Gasteiger partial charge in [-0.25, -0.2) is 4.79 Å². The van der Waals surface area contributed by atoms with E-state index in [2.05, 4.69) is 15.2 Å². The quantitative estimate of drug-likeness (QED) is 0.628. The molecule has 0 spiro atoms. The van der Waals surface area contributed by atoms with Crippen molar-refractivity contribution in [2.24, 2.45) is 7.05 Å². The molecule has 0 aliphatic rings. The number of carbonyl (C=O) groups excluding carboxylic acids is 2. The number of methoxy groups -OCH3 is 1. The van der Waals surface area contributed by atoms with Crippen molar-refractivity contribution >= 4 is 29.2 Å². The monoisotopic (exact) mass is 245 g/mol. The number of carbonyl (C=O) groups is 2. The van der Waals surface area contributed by atoms with Gasteiger partial charge in [0.1, 0.15) is 5.88 Å². The normalized spacial score (nSPS) is 10.0. The average Bonchev–Trinajstić information content (AvgIpc) is 2.53. The fourth-order valence-corrected chi connectivity index (χ4v) is 1.38. The van der Waals surface area contributed by atoms with Crippen molar-refractivity contribution in [3.05, 3.63) is 11.4 Å². The number of aromatic nitrogens is 2. The van der Waals surface area contributed by atoms with Gasteiger partial charge in [-0.1, -0.05) is 0 Å². The molecule has 0 saturated carbocycles. The van der Waals surface area contributed by atoms with E-state index in [0.29, 0.717) is 11.4 Å². The van der Waals surface area contributed by atoms with E-state index in [-0.39, 0.29) is 11.6 Å². The fraction of sp³-hybridized carbons (Fsp3) is 0.444. The van der Waals surface area contributed by atoms with Crippen LogP contribution in [0.25, 0.3) is 0 Å². The number of nitrogens with one attached hydrogen (secondary N) is 1. The van der Waals surface area contributed by atoms with Crippen LogP contribution in [0.1, 0.15) is 16.2 Å². The van der Waals surface area contributed by atoms with Crippen LogP contribution in [0.2, 0.25) is 0 Å². The molecule has 1 N–H and O–H groups in total. The number of hydrogen-bond donors (Lipinski definition) is 1. The minimum absolute atomic E-state index is 0.186. The molecule has 0 aliphatic heterocycles. The molecule has 0 fully saturated rings. The van der Waals surface area contributed by atoms with Gasteiger partial charge in [0.05, 0.1) is 18.5 Å². The van der Waals surface area contributed by atoms with Gasteiger partial charge in [0.15, 0.2) is 5.69 Å². The van der Waals surface area contributed by atoms with Crippen LogP contribution < -0.4 is 5.32 Å². The zero-order chi connectivity index (χ0) is 12.3. The first kappa shape index (κ1) is 12.5. The Hall–Kier alpha value is -1.56. The molecule has 0 bridgehead atoms. The number of aryl methyl sites for hydroxylation is 2. The molecule has 7 heteroatoms. The molecule has 1 rings (SSSR count). The summed E-state index contributed by atoms with van der Waals surface area (Å²) in [5.74, 6) is -1.15. The van der Waals surface area contributed by atoms with Crippen LogP contribution in [0.5, 0.6) is 0 Å². The molecule has 0 aromatic carbocycles. The number of amides is 1. The molecular weight excluding hydrogens is 234 g/mol. The lowest BCUT2D eigenvalue weighted by Gasteiger charge is -2.05. The smallest absolute Gasteiger partial charge is 0.358 e. The maximum atomic E-state index is 11.5. The van der Waals surface area contributed by atoms with Crippen molar-refractivity contribution in [1.82, 2.24) is 9.78 Å². The summed E-state index contributed by atoms with van der Waals surface area (Å²) in [6, 6.07) is 0. The first-order valence-corrected chi connectivity index (χ1v) is 5.02. The third-order valence-corrected chi connectivity index (χ3v) is 2.23. The zero-order valence-corrected chi connectivity index (χ0v) is 9.96. The van der Waals surface area contributed by atoms with Crippen molar-refractivity contribution in [3.8, 4) is 0 Å². The number of esters is 1. The van der Waals surface area contributed by atoms with Gasteiger partial charge >= 0.3 is 5.97 Å². The number of nitrogens with zero attached hydrogens (tertiary/aromatic N) is 2. The standard InChI is InChI=1S/C9H12ClN3O3/c1-5-7(11-6(14)4-10)8(9(15)16-3)13(2)12-5/h4H2,1-3H3,(H,11,14). The molecule has 1 aromatic rings. The molecule has 88 valence electrons. The van der Waals surface area contributed by atoms with E-state index in [9.17, 15) is 9.59 Å². The van der Waals surface area contributed by atoms with Gasteiger partial charge < -0.3 is 10.1 Å². The molecule has 0 saturated heterocycles. The van der Waals surface area contributed by atoms with Gasteiger partial charge in [-0.05, 0) is 6.92 Å². The Morgan fingerprint density at radius 3 is 2.69 bits per heavy atom. The Bertz CT molecular complexity index is 428. The molecule has 1 aromatic heterocycles. The summed E-state index contributed by atoms with van der Waals surface area (Å²) < 4.78 is 5.95. The predicted octanol–water partition coefficient (Wildman–Crippen LogP) is 0.692. The number of alkyl halides is 1. The lowest BCUT2D eigenvalue weighted by Crippen LogP contribution is -2.17. The number of ether oxygens (including phenoxy) is 1. The number of halogens is 1. The summed E-state index contributed by atoms with van der Waals surface area (Å²) in [4.78, 5) is 22.6. The van der Waals surface area contributed by atoms with Crippen LogP contribution in [0.3, 0.4) is 0 Å². The maximum Gasteiger partial charge on any atom is 0.358 e. The third kappa shape index (κ3) is 2.33. The second-order valence-electron chi connectivity index (χ2n) is 3.11.